The van der Waals surface area contributed by atoms with Crippen molar-refractivity contribution in [3.8, 4) is 0 Å². The maximum Gasteiger partial charge on any atom is 0.306 e. The molecule has 66 heavy (non-hydrogen) atoms. The average Bonchev–Trinajstić information content (AvgIpc) is 3.32. The van der Waals surface area contributed by atoms with E-state index in [4.69, 9.17) is 14.2 Å². The molecule has 0 spiro atoms. The molecule has 0 aliphatic rings. The molecule has 0 radical (unpaired) electrons. The van der Waals surface area contributed by atoms with Crippen LogP contribution < -0.4 is 0 Å². The van der Waals surface area contributed by atoms with Gasteiger partial charge in [-0.05, 0) is 116 Å². The minimum Gasteiger partial charge on any atom is -0.462 e. The zero-order valence-corrected chi connectivity index (χ0v) is 43.4. The molecule has 0 saturated carbocycles. The van der Waals surface area contributed by atoms with E-state index < -0.39 is 6.10 Å². The predicted molar refractivity (Wildman–Crippen MR) is 288 cm³/mol. The van der Waals surface area contributed by atoms with Gasteiger partial charge in [-0.15, -0.1) is 0 Å². The van der Waals surface area contributed by atoms with Crippen LogP contribution in [0.1, 0.15) is 252 Å². The molecule has 0 aromatic rings. The first-order valence-electron chi connectivity index (χ1n) is 27.8. The Labute approximate surface area is 409 Å². The number of carbonyl (C=O) groups excluding carboxylic acids is 2. The summed E-state index contributed by atoms with van der Waals surface area (Å²) in [4.78, 5) is 25.5. The van der Waals surface area contributed by atoms with Gasteiger partial charge in [0, 0.05) is 19.4 Å². The molecule has 0 bridgehead atoms. The minimum atomic E-state index is -0.557. The molecule has 1 atom stereocenters. The third-order valence-corrected chi connectivity index (χ3v) is 11.6. The highest BCUT2D eigenvalue weighted by Crippen LogP contribution is 2.14. The molecule has 1 unspecified atom stereocenters. The number of unbranched alkanes of at least 4 members (excludes halogenated alkanes) is 23. The molecule has 0 aliphatic heterocycles. The van der Waals surface area contributed by atoms with Crippen molar-refractivity contribution in [2.24, 2.45) is 0 Å². The van der Waals surface area contributed by atoms with E-state index in [0.29, 0.717) is 19.4 Å². The quantitative estimate of drug-likeness (QED) is 0.0346. The Morgan fingerprint density at radius 1 is 0.348 bits per heavy atom. The molecule has 5 nitrogen and oxygen atoms in total. The zero-order chi connectivity index (χ0) is 47.7. The van der Waals surface area contributed by atoms with Crippen LogP contribution in [0.15, 0.2) is 97.2 Å². The van der Waals surface area contributed by atoms with Crippen molar-refractivity contribution < 1.29 is 23.8 Å². The fraction of sp³-hybridized carbons (Fsp3) is 0.705. The number of rotatable bonds is 50. The van der Waals surface area contributed by atoms with Crippen LogP contribution in [0.3, 0.4) is 0 Å². The van der Waals surface area contributed by atoms with Crippen molar-refractivity contribution in [3.63, 3.8) is 0 Å². The van der Waals surface area contributed by atoms with Crippen LogP contribution in [0.4, 0.5) is 0 Å². The Morgan fingerprint density at radius 2 is 0.682 bits per heavy atom. The normalized spacial score (nSPS) is 13.0. The second kappa shape index (κ2) is 56.1. The first-order chi connectivity index (χ1) is 32.6. The van der Waals surface area contributed by atoms with E-state index in [1.807, 2.05) is 0 Å². The highest BCUT2D eigenvalue weighted by atomic mass is 16.6. The number of hydrogen-bond acceptors (Lipinski definition) is 5. The highest BCUT2D eigenvalue weighted by molar-refractivity contribution is 5.70. The van der Waals surface area contributed by atoms with Gasteiger partial charge in [-0.1, -0.05) is 221 Å². The van der Waals surface area contributed by atoms with Gasteiger partial charge in [0.1, 0.15) is 6.61 Å². The first-order valence-corrected chi connectivity index (χ1v) is 27.8. The fourth-order valence-corrected chi connectivity index (χ4v) is 7.51. The van der Waals surface area contributed by atoms with Gasteiger partial charge in [-0.2, -0.15) is 0 Å². The molecule has 0 N–H and O–H groups in total. The van der Waals surface area contributed by atoms with E-state index in [1.54, 1.807) is 0 Å². The number of esters is 2. The Bertz CT molecular complexity index is 1270. The number of ether oxygens (including phenoxy) is 3. The van der Waals surface area contributed by atoms with Gasteiger partial charge in [0.2, 0.25) is 0 Å². The summed E-state index contributed by atoms with van der Waals surface area (Å²) in [5.41, 5.74) is 0. The van der Waals surface area contributed by atoms with Crippen molar-refractivity contribution in [2.45, 2.75) is 258 Å². The topological polar surface area (TPSA) is 61.8 Å². The van der Waals surface area contributed by atoms with Gasteiger partial charge in [0.25, 0.3) is 0 Å². The monoisotopic (exact) mass is 917 g/mol. The smallest absolute Gasteiger partial charge is 0.306 e. The molecular weight excluding hydrogens is 813 g/mol. The standard InChI is InChI=1S/C61H104O5/c1-4-7-10-13-16-19-22-25-28-30-32-35-38-41-44-47-50-53-56-64-57-59(66-61(63)55-52-49-46-43-40-37-33-27-24-21-18-15-12-9-6-3)58-65-60(62)54-51-48-45-42-39-36-34-31-29-26-23-20-17-14-11-8-5-2/h7-8,10-11,16-21,25-29,33,59H,4-6,9,12-15,22-24,30-32,34-58H2,1-3H3/b10-7-,11-8-,19-16-,20-17-,21-18-,28-25-,29-26-,33-27-. The van der Waals surface area contributed by atoms with Crippen molar-refractivity contribution in [1.29, 1.82) is 0 Å². The number of allylic oxidation sites excluding steroid dienone is 16. The van der Waals surface area contributed by atoms with Crippen LogP contribution >= 0.6 is 0 Å². The summed E-state index contributed by atoms with van der Waals surface area (Å²) in [7, 11) is 0. The van der Waals surface area contributed by atoms with Crippen molar-refractivity contribution in [3.05, 3.63) is 97.2 Å². The van der Waals surface area contributed by atoms with Gasteiger partial charge >= 0.3 is 11.9 Å². The van der Waals surface area contributed by atoms with E-state index in [0.717, 1.165) is 109 Å². The molecule has 5 heteroatoms. The van der Waals surface area contributed by atoms with E-state index in [-0.39, 0.29) is 25.2 Å². The van der Waals surface area contributed by atoms with Crippen molar-refractivity contribution in [2.75, 3.05) is 19.8 Å². The highest BCUT2D eigenvalue weighted by Gasteiger charge is 2.17. The lowest BCUT2D eigenvalue weighted by Crippen LogP contribution is -2.30. The lowest BCUT2D eigenvalue weighted by Gasteiger charge is -2.18. The molecule has 0 aromatic carbocycles. The minimum absolute atomic E-state index is 0.0670. The van der Waals surface area contributed by atoms with Crippen LogP contribution in [0.2, 0.25) is 0 Å². The van der Waals surface area contributed by atoms with E-state index >= 15 is 0 Å². The molecule has 0 amide bonds. The van der Waals surface area contributed by atoms with Gasteiger partial charge < -0.3 is 14.2 Å². The molecule has 0 rings (SSSR count). The lowest BCUT2D eigenvalue weighted by atomic mass is 10.1. The van der Waals surface area contributed by atoms with Crippen LogP contribution in [-0.4, -0.2) is 37.9 Å². The predicted octanol–water partition coefficient (Wildman–Crippen LogP) is 19.0. The van der Waals surface area contributed by atoms with Crippen LogP contribution in [0, 0.1) is 0 Å². The Hall–Kier alpha value is -3.18. The summed E-state index contributed by atoms with van der Waals surface area (Å²) >= 11 is 0. The maximum absolute atomic E-state index is 12.8. The summed E-state index contributed by atoms with van der Waals surface area (Å²) in [6.45, 7) is 7.55. The molecule has 0 aliphatic carbocycles. The van der Waals surface area contributed by atoms with E-state index in [1.165, 1.54) is 109 Å². The van der Waals surface area contributed by atoms with Gasteiger partial charge in [0.05, 0.1) is 6.61 Å². The van der Waals surface area contributed by atoms with Crippen LogP contribution in [-0.2, 0) is 23.8 Å². The molecule has 0 saturated heterocycles. The number of carbonyl (C=O) groups is 2. The maximum atomic E-state index is 12.8. The summed E-state index contributed by atoms with van der Waals surface area (Å²) in [6.07, 6.45) is 75.6. The zero-order valence-electron chi connectivity index (χ0n) is 43.4. The Kier molecular flexibility index (Phi) is 53.4. The van der Waals surface area contributed by atoms with Gasteiger partial charge in [-0.25, -0.2) is 0 Å². The second-order valence-corrected chi connectivity index (χ2v) is 18.1. The Balaban J connectivity index is 4.33. The summed E-state index contributed by atoms with van der Waals surface area (Å²) in [6, 6.07) is 0. The van der Waals surface area contributed by atoms with Crippen LogP contribution in [0.5, 0.6) is 0 Å². The fourth-order valence-electron chi connectivity index (χ4n) is 7.51. The summed E-state index contributed by atoms with van der Waals surface area (Å²) in [5.74, 6) is -0.428. The molecular formula is C61H104O5. The summed E-state index contributed by atoms with van der Waals surface area (Å²) < 4.78 is 17.4. The summed E-state index contributed by atoms with van der Waals surface area (Å²) in [5, 5.41) is 0. The Morgan fingerprint density at radius 3 is 1.09 bits per heavy atom. The molecule has 0 aromatic heterocycles. The first kappa shape index (κ1) is 62.8. The van der Waals surface area contributed by atoms with Crippen molar-refractivity contribution >= 4 is 11.9 Å². The van der Waals surface area contributed by atoms with Crippen LogP contribution in [0.25, 0.3) is 0 Å². The van der Waals surface area contributed by atoms with Crippen molar-refractivity contribution in [1.82, 2.24) is 0 Å². The molecule has 0 fully saturated rings. The SMILES string of the molecule is CC/C=C\C/C=C\C/C=C\CCCCCCCCCCOCC(COC(=O)CCCCCCCCC/C=C\C/C=C\C/C=C\CC)OC(=O)CCCCCCC/C=C\C/C=C\CCCCC. The average molecular weight is 917 g/mol. The molecule has 378 valence electrons. The van der Waals surface area contributed by atoms with E-state index in [9.17, 15) is 9.59 Å². The largest absolute Gasteiger partial charge is 0.462 e. The van der Waals surface area contributed by atoms with Gasteiger partial charge in [0.15, 0.2) is 6.10 Å². The second-order valence-electron chi connectivity index (χ2n) is 18.1. The molecule has 0 heterocycles. The lowest BCUT2D eigenvalue weighted by molar-refractivity contribution is -0.163. The third-order valence-electron chi connectivity index (χ3n) is 11.6. The van der Waals surface area contributed by atoms with E-state index in [2.05, 4.69) is 118 Å². The third kappa shape index (κ3) is 53.4. The van der Waals surface area contributed by atoms with Gasteiger partial charge in [-0.3, -0.25) is 9.59 Å². The number of hydrogen-bond donors (Lipinski definition) is 0.